The second kappa shape index (κ2) is 6.49. The second-order valence-electron chi connectivity index (χ2n) is 7.42. The Bertz CT molecular complexity index is 1040. The van der Waals surface area contributed by atoms with Crippen LogP contribution in [0.25, 0.3) is 22.4 Å². The summed E-state index contributed by atoms with van der Waals surface area (Å²) in [6.07, 6.45) is 1.46. The Morgan fingerprint density at radius 2 is 1.79 bits per heavy atom. The molecule has 0 bridgehead atoms. The highest BCUT2D eigenvalue weighted by Crippen LogP contribution is 2.37. The molecule has 5 rings (SSSR count). The number of benzene rings is 1. The lowest BCUT2D eigenvalue weighted by Gasteiger charge is -2.38. The summed E-state index contributed by atoms with van der Waals surface area (Å²) in [4.78, 5) is 11.2. The number of aryl methyl sites for hydroxylation is 2. The summed E-state index contributed by atoms with van der Waals surface area (Å²) in [5.41, 5.74) is 1.89. The fourth-order valence-corrected chi connectivity index (χ4v) is 4.03. The summed E-state index contributed by atoms with van der Waals surface area (Å²) in [6.45, 7) is 6.26. The first kappa shape index (κ1) is 17.5. The predicted molar refractivity (Wildman–Crippen MR) is 101 cm³/mol. The van der Waals surface area contributed by atoms with Crippen molar-refractivity contribution in [3.63, 3.8) is 0 Å². The minimum Gasteiger partial charge on any atom is -0.356 e. The molecule has 1 spiro atoms. The SMILES string of the molecule is Cc1cc(F)c2nc(N3CCC4(CC3)OCCO4)c(-c3nc(C)no3)cc2c1. The van der Waals surface area contributed by atoms with Gasteiger partial charge in [0, 0.05) is 31.3 Å². The van der Waals surface area contributed by atoms with Crippen LogP contribution >= 0.6 is 0 Å². The average molecular weight is 384 g/mol. The Balaban J connectivity index is 1.60. The first-order chi connectivity index (χ1) is 13.5. The van der Waals surface area contributed by atoms with Crippen LogP contribution in [0.1, 0.15) is 24.2 Å². The van der Waals surface area contributed by atoms with Crippen molar-refractivity contribution in [3.8, 4) is 11.5 Å². The van der Waals surface area contributed by atoms with Gasteiger partial charge >= 0.3 is 0 Å². The first-order valence-corrected chi connectivity index (χ1v) is 9.47. The molecule has 0 atom stereocenters. The predicted octanol–water partition coefficient (Wildman–Crippen LogP) is 3.38. The molecule has 0 radical (unpaired) electrons. The molecule has 0 saturated carbocycles. The number of rotatable bonds is 2. The minimum atomic E-state index is -0.489. The molecule has 1 aromatic carbocycles. The number of hydrogen-bond donors (Lipinski definition) is 0. The molecule has 2 aliphatic heterocycles. The third kappa shape index (κ3) is 2.93. The minimum absolute atomic E-state index is 0.333. The number of pyridine rings is 1. The molecule has 2 fully saturated rings. The third-order valence-electron chi connectivity index (χ3n) is 5.39. The third-order valence-corrected chi connectivity index (χ3v) is 5.39. The first-order valence-electron chi connectivity index (χ1n) is 9.47. The normalized spacial score (nSPS) is 19.0. The van der Waals surface area contributed by atoms with Gasteiger partial charge in [-0.2, -0.15) is 4.98 Å². The number of fused-ring (bicyclic) bond motifs is 1. The van der Waals surface area contributed by atoms with E-state index in [2.05, 4.69) is 20.0 Å². The van der Waals surface area contributed by atoms with Gasteiger partial charge in [0.1, 0.15) is 17.2 Å². The smallest absolute Gasteiger partial charge is 0.261 e. The van der Waals surface area contributed by atoms with Gasteiger partial charge in [-0.3, -0.25) is 0 Å². The van der Waals surface area contributed by atoms with Gasteiger partial charge in [0.2, 0.25) is 0 Å². The lowest BCUT2D eigenvalue weighted by atomic mass is 10.0. The molecule has 28 heavy (non-hydrogen) atoms. The van der Waals surface area contributed by atoms with Crippen molar-refractivity contribution in [2.24, 2.45) is 0 Å². The standard InChI is InChI=1S/C20H21FN4O3/c1-12-9-14-11-15(19-22-13(2)24-28-19)18(23-17(14)16(21)10-12)25-5-3-20(4-6-25)26-7-8-27-20/h9-11H,3-8H2,1-2H3. The lowest BCUT2D eigenvalue weighted by Crippen LogP contribution is -2.45. The maximum atomic E-state index is 14.6. The van der Waals surface area contributed by atoms with Gasteiger partial charge in [-0.15, -0.1) is 0 Å². The molecular formula is C20H21FN4O3. The van der Waals surface area contributed by atoms with Gasteiger partial charge in [-0.1, -0.05) is 5.16 Å². The van der Waals surface area contributed by atoms with Gasteiger partial charge in [0.25, 0.3) is 5.89 Å². The van der Waals surface area contributed by atoms with E-state index in [1.165, 1.54) is 6.07 Å². The van der Waals surface area contributed by atoms with Crippen LogP contribution in [-0.4, -0.2) is 47.2 Å². The maximum absolute atomic E-state index is 14.6. The number of piperidine rings is 1. The number of nitrogens with zero attached hydrogens (tertiary/aromatic N) is 4. The molecule has 2 aromatic heterocycles. The summed E-state index contributed by atoms with van der Waals surface area (Å²) in [5.74, 6) is 0.753. The molecule has 4 heterocycles. The van der Waals surface area contributed by atoms with Gasteiger partial charge in [0.05, 0.1) is 18.8 Å². The van der Waals surface area contributed by atoms with Gasteiger partial charge < -0.3 is 18.9 Å². The summed E-state index contributed by atoms with van der Waals surface area (Å²) in [6, 6.07) is 5.29. The largest absolute Gasteiger partial charge is 0.356 e. The Kier molecular flexibility index (Phi) is 4.06. The van der Waals surface area contributed by atoms with Gasteiger partial charge in [0.15, 0.2) is 11.6 Å². The molecule has 7 nitrogen and oxygen atoms in total. The summed E-state index contributed by atoms with van der Waals surface area (Å²) in [7, 11) is 0. The van der Waals surface area contributed by atoms with Crippen molar-refractivity contribution in [3.05, 3.63) is 35.4 Å². The average Bonchev–Trinajstić information content (AvgIpc) is 3.31. The van der Waals surface area contributed by atoms with E-state index in [9.17, 15) is 4.39 Å². The molecule has 146 valence electrons. The number of hydrogen-bond acceptors (Lipinski definition) is 7. The fourth-order valence-electron chi connectivity index (χ4n) is 4.03. The van der Waals surface area contributed by atoms with Crippen LogP contribution in [0.15, 0.2) is 22.7 Å². The van der Waals surface area contributed by atoms with Gasteiger partial charge in [-0.25, -0.2) is 9.37 Å². The number of aromatic nitrogens is 3. The Morgan fingerprint density at radius 3 is 2.46 bits per heavy atom. The van der Waals surface area contributed by atoms with E-state index in [0.29, 0.717) is 60.3 Å². The molecule has 8 heteroatoms. The van der Waals surface area contributed by atoms with E-state index >= 15 is 0 Å². The van der Waals surface area contributed by atoms with Crippen molar-refractivity contribution in [2.45, 2.75) is 32.5 Å². The van der Waals surface area contributed by atoms with Crippen LogP contribution in [-0.2, 0) is 9.47 Å². The molecule has 0 N–H and O–H groups in total. The molecule has 2 saturated heterocycles. The zero-order valence-corrected chi connectivity index (χ0v) is 15.9. The molecule has 3 aromatic rings. The van der Waals surface area contributed by atoms with Crippen molar-refractivity contribution < 1.29 is 18.4 Å². The monoisotopic (exact) mass is 384 g/mol. The molecule has 0 amide bonds. The van der Waals surface area contributed by atoms with E-state index in [4.69, 9.17) is 14.0 Å². The van der Waals surface area contributed by atoms with E-state index in [1.807, 2.05) is 19.1 Å². The maximum Gasteiger partial charge on any atom is 0.261 e. The van der Waals surface area contributed by atoms with Crippen LogP contribution in [0.3, 0.4) is 0 Å². The van der Waals surface area contributed by atoms with Crippen molar-refractivity contribution in [2.75, 3.05) is 31.2 Å². The van der Waals surface area contributed by atoms with E-state index < -0.39 is 5.79 Å². The van der Waals surface area contributed by atoms with Crippen molar-refractivity contribution >= 4 is 16.7 Å². The van der Waals surface area contributed by atoms with Crippen molar-refractivity contribution in [1.29, 1.82) is 0 Å². The zero-order chi connectivity index (χ0) is 19.3. The molecule has 0 unspecified atom stereocenters. The van der Waals surface area contributed by atoms with E-state index in [-0.39, 0.29) is 5.82 Å². The molecule has 0 aliphatic carbocycles. The van der Waals surface area contributed by atoms with Crippen LogP contribution in [0.4, 0.5) is 10.2 Å². The van der Waals surface area contributed by atoms with E-state index in [1.54, 1.807) is 6.92 Å². The fraction of sp³-hybridized carbons (Fsp3) is 0.450. The highest BCUT2D eigenvalue weighted by atomic mass is 19.1. The number of anilines is 1. The summed E-state index contributed by atoms with van der Waals surface area (Å²) < 4.78 is 31.6. The van der Waals surface area contributed by atoms with E-state index in [0.717, 1.165) is 18.4 Å². The highest BCUT2D eigenvalue weighted by molar-refractivity contribution is 5.88. The second-order valence-corrected chi connectivity index (χ2v) is 7.42. The highest BCUT2D eigenvalue weighted by Gasteiger charge is 2.40. The Labute approximate surface area is 161 Å². The summed E-state index contributed by atoms with van der Waals surface area (Å²) >= 11 is 0. The molecule has 2 aliphatic rings. The zero-order valence-electron chi connectivity index (χ0n) is 15.9. The van der Waals surface area contributed by atoms with Crippen LogP contribution in [0.2, 0.25) is 0 Å². The van der Waals surface area contributed by atoms with Crippen LogP contribution in [0.5, 0.6) is 0 Å². The summed E-state index contributed by atoms with van der Waals surface area (Å²) in [5, 5.41) is 4.62. The van der Waals surface area contributed by atoms with Crippen molar-refractivity contribution in [1.82, 2.24) is 15.1 Å². The van der Waals surface area contributed by atoms with Gasteiger partial charge in [-0.05, 0) is 37.6 Å². The number of halogens is 1. The topological polar surface area (TPSA) is 73.5 Å². The lowest BCUT2D eigenvalue weighted by molar-refractivity contribution is -0.169. The molecular weight excluding hydrogens is 363 g/mol. The van der Waals surface area contributed by atoms with Crippen LogP contribution < -0.4 is 4.90 Å². The Morgan fingerprint density at radius 1 is 1.04 bits per heavy atom. The van der Waals surface area contributed by atoms with Crippen LogP contribution in [0, 0.1) is 19.7 Å². The Hall–Kier alpha value is -2.58. The number of ether oxygens (including phenoxy) is 2. The quantitative estimate of drug-likeness (QED) is 0.670.